The number of methoxy groups -OCH3 is 3. The third kappa shape index (κ3) is 4.92. The molecule has 0 aliphatic rings. The van der Waals surface area contributed by atoms with Crippen LogP contribution in [0.5, 0.6) is 0 Å². The van der Waals surface area contributed by atoms with Crippen LogP contribution in [0.25, 0.3) is 0 Å². The van der Waals surface area contributed by atoms with Crippen molar-refractivity contribution in [1.82, 2.24) is 9.47 Å². The Morgan fingerprint density at radius 3 is 2.27 bits per heavy atom. The lowest BCUT2D eigenvalue weighted by molar-refractivity contribution is -0.134. The van der Waals surface area contributed by atoms with Gasteiger partial charge in [-0.2, -0.15) is 0 Å². The van der Waals surface area contributed by atoms with Gasteiger partial charge >= 0.3 is 5.97 Å². The van der Waals surface area contributed by atoms with Gasteiger partial charge in [0.05, 0.1) is 13.7 Å². The lowest BCUT2D eigenvalue weighted by atomic mass is 10.1. The molecule has 26 heavy (non-hydrogen) atoms. The highest BCUT2D eigenvalue weighted by Gasteiger charge is 2.27. The Labute approximate surface area is 154 Å². The molecule has 0 saturated carbocycles. The molecular weight excluding hydrogens is 340 g/mol. The van der Waals surface area contributed by atoms with Gasteiger partial charge in [0.15, 0.2) is 5.78 Å². The van der Waals surface area contributed by atoms with Crippen LogP contribution >= 0.6 is 0 Å². The molecule has 146 valence electrons. The van der Waals surface area contributed by atoms with Crippen molar-refractivity contribution >= 4 is 17.7 Å². The van der Waals surface area contributed by atoms with Crippen LogP contribution in [0.4, 0.5) is 0 Å². The molecule has 8 heteroatoms. The summed E-state index contributed by atoms with van der Waals surface area (Å²) < 4.78 is 16.3. The molecule has 0 aliphatic heterocycles. The number of Topliss-reactive ketones (excluding diaryl/α,β-unsaturated/α-hetero) is 1. The molecule has 0 spiro atoms. The Balaban J connectivity index is 3.09. The Bertz CT molecular complexity index is 665. The number of rotatable bonds is 10. The van der Waals surface area contributed by atoms with E-state index in [0.717, 1.165) is 0 Å². The van der Waals surface area contributed by atoms with Crippen molar-refractivity contribution in [1.29, 1.82) is 0 Å². The van der Waals surface area contributed by atoms with Crippen molar-refractivity contribution in [3.05, 3.63) is 22.5 Å². The van der Waals surface area contributed by atoms with Gasteiger partial charge in [0, 0.05) is 45.7 Å². The number of hydrogen-bond acceptors (Lipinski definition) is 6. The smallest absolute Gasteiger partial charge is 0.354 e. The molecule has 1 aromatic heterocycles. The number of esters is 1. The van der Waals surface area contributed by atoms with Crippen LogP contribution in [0.15, 0.2) is 0 Å². The summed E-state index contributed by atoms with van der Waals surface area (Å²) in [5, 5.41) is 0. The van der Waals surface area contributed by atoms with Crippen LogP contribution in [0.1, 0.15) is 38.5 Å². The summed E-state index contributed by atoms with van der Waals surface area (Å²) in [5.41, 5.74) is 1.99. The molecule has 0 aromatic carbocycles. The van der Waals surface area contributed by atoms with E-state index in [9.17, 15) is 14.4 Å². The van der Waals surface area contributed by atoms with Crippen LogP contribution in [0.2, 0.25) is 0 Å². The number of nitrogens with zero attached hydrogens (tertiary/aromatic N) is 2. The topological polar surface area (TPSA) is 87.1 Å². The molecule has 1 rings (SSSR count). The minimum absolute atomic E-state index is 0.0851. The number of amides is 1. The van der Waals surface area contributed by atoms with Gasteiger partial charge in [0.1, 0.15) is 12.3 Å². The maximum atomic E-state index is 12.9. The van der Waals surface area contributed by atoms with Crippen molar-refractivity contribution in [2.75, 3.05) is 47.6 Å². The van der Waals surface area contributed by atoms with E-state index in [-0.39, 0.29) is 24.8 Å². The lowest BCUT2D eigenvalue weighted by Gasteiger charge is -2.22. The number of hydrogen-bond donors (Lipinski definition) is 0. The van der Waals surface area contributed by atoms with Crippen molar-refractivity contribution in [3.63, 3.8) is 0 Å². The molecule has 1 aromatic rings. The number of ether oxygens (including phenoxy) is 3. The van der Waals surface area contributed by atoms with E-state index < -0.39 is 5.97 Å². The first kappa shape index (κ1) is 21.9. The summed E-state index contributed by atoms with van der Waals surface area (Å²) in [6.07, 6.45) is 0.611. The zero-order valence-electron chi connectivity index (χ0n) is 16.4. The normalized spacial score (nSPS) is 10.7. The first-order valence-corrected chi connectivity index (χ1v) is 8.33. The van der Waals surface area contributed by atoms with Gasteiger partial charge in [-0.25, -0.2) is 4.79 Å². The van der Waals surface area contributed by atoms with Gasteiger partial charge in [0.25, 0.3) is 0 Å². The predicted molar refractivity (Wildman–Crippen MR) is 95.5 cm³/mol. The van der Waals surface area contributed by atoms with Gasteiger partial charge in [-0.05, 0) is 25.8 Å². The second-order valence-corrected chi connectivity index (χ2v) is 6.00. The largest absolute Gasteiger partial charge is 0.464 e. The van der Waals surface area contributed by atoms with Gasteiger partial charge in [-0.1, -0.05) is 0 Å². The predicted octanol–water partition coefficient (Wildman–Crippen LogP) is 1.12. The molecule has 1 amide bonds. The molecular formula is C18H28N2O6. The van der Waals surface area contributed by atoms with Crippen LogP contribution in [0, 0.1) is 13.8 Å². The van der Waals surface area contributed by atoms with E-state index in [2.05, 4.69) is 0 Å². The molecule has 0 saturated heterocycles. The first-order valence-electron chi connectivity index (χ1n) is 8.33. The molecule has 0 radical (unpaired) electrons. The number of aromatic nitrogens is 1. The highest BCUT2D eigenvalue weighted by atomic mass is 16.5. The standard InChI is InChI=1S/C18H28N2O6/c1-12-16(13(2)19(3)17(12)18(23)26-6)14(21)10-20(8-7-9-24-4)15(22)11-25-5/h7-11H2,1-6H3. The fourth-order valence-electron chi connectivity index (χ4n) is 2.93. The second kappa shape index (κ2) is 10.1. The van der Waals surface area contributed by atoms with E-state index in [1.807, 2.05) is 0 Å². The highest BCUT2D eigenvalue weighted by molar-refractivity contribution is 6.04. The van der Waals surface area contributed by atoms with E-state index >= 15 is 0 Å². The SMILES string of the molecule is COCCCN(CC(=O)c1c(C)c(C(=O)OC)n(C)c1C)C(=O)COC. The maximum Gasteiger partial charge on any atom is 0.354 e. The minimum atomic E-state index is -0.500. The van der Waals surface area contributed by atoms with Crippen LogP contribution in [-0.2, 0) is 26.1 Å². The molecule has 1 heterocycles. The summed E-state index contributed by atoms with van der Waals surface area (Å²) >= 11 is 0. The molecule has 0 bridgehead atoms. The second-order valence-electron chi connectivity index (χ2n) is 6.00. The summed E-state index contributed by atoms with van der Waals surface area (Å²) in [6.45, 7) is 4.16. The number of carbonyl (C=O) groups excluding carboxylic acids is 3. The van der Waals surface area contributed by atoms with Gasteiger partial charge in [-0.15, -0.1) is 0 Å². The Hall–Kier alpha value is -2.19. The Morgan fingerprint density at radius 1 is 1.08 bits per heavy atom. The fourth-order valence-corrected chi connectivity index (χ4v) is 2.93. The zero-order chi connectivity index (χ0) is 19.9. The van der Waals surface area contributed by atoms with E-state index in [1.54, 1.807) is 32.6 Å². The van der Waals surface area contributed by atoms with Crippen LogP contribution < -0.4 is 0 Å². The third-order valence-electron chi connectivity index (χ3n) is 4.32. The Kier molecular flexibility index (Phi) is 8.47. The van der Waals surface area contributed by atoms with E-state index in [4.69, 9.17) is 14.2 Å². The minimum Gasteiger partial charge on any atom is -0.464 e. The fraction of sp³-hybridized carbons (Fsp3) is 0.611. The molecule has 0 unspecified atom stereocenters. The van der Waals surface area contributed by atoms with E-state index in [0.29, 0.717) is 42.1 Å². The average molecular weight is 368 g/mol. The summed E-state index contributed by atoms with van der Waals surface area (Å²) in [6, 6.07) is 0. The quantitative estimate of drug-likeness (QED) is 0.349. The number of carbonyl (C=O) groups is 3. The number of ketones is 1. The molecule has 0 fully saturated rings. The van der Waals surface area contributed by atoms with Crippen LogP contribution in [0.3, 0.4) is 0 Å². The van der Waals surface area contributed by atoms with Crippen molar-refractivity contribution in [2.24, 2.45) is 7.05 Å². The summed E-state index contributed by atoms with van der Waals surface area (Å²) in [4.78, 5) is 38.5. The van der Waals surface area contributed by atoms with Gasteiger partial charge < -0.3 is 23.7 Å². The van der Waals surface area contributed by atoms with E-state index in [1.165, 1.54) is 19.1 Å². The maximum absolute atomic E-state index is 12.9. The lowest BCUT2D eigenvalue weighted by Crippen LogP contribution is -2.39. The Morgan fingerprint density at radius 2 is 1.73 bits per heavy atom. The molecule has 8 nitrogen and oxygen atoms in total. The molecule has 0 aliphatic carbocycles. The van der Waals surface area contributed by atoms with Crippen LogP contribution in [-0.4, -0.2) is 74.8 Å². The summed E-state index contributed by atoms with van der Waals surface area (Å²) in [7, 11) is 6.02. The van der Waals surface area contributed by atoms with Gasteiger partial charge in [-0.3, -0.25) is 9.59 Å². The van der Waals surface area contributed by atoms with Crippen molar-refractivity contribution < 1.29 is 28.6 Å². The van der Waals surface area contributed by atoms with Gasteiger partial charge in [0.2, 0.25) is 5.91 Å². The monoisotopic (exact) mass is 368 g/mol. The first-order chi connectivity index (χ1) is 12.3. The average Bonchev–Trinajstić information content (AvgIpc) is 2.83. The molecule has 0 N–H and O–H groups in total. The van der Waals surface area contributed by atoms with Crippen molar-refractivity contribution in [3.8, 4) is 0 Å². The molecule has 0 atom stereocenters. The summed E-state index contributed by atoms with van der Waals surface area (Å²) in [5.74, 6) is -0.997. The third-order valence-corrected chi connectivity index (χ3v) is 4.32. The highest BCUT2D eigenvalue weighted by Crippen LogP contribution is 2.22. The zero-order valence-corrected chi connectivity index (χ0v) is 16.4. The van der Waals surface area contributed by atoms with Crippen molar-refractivity contribution in [2.45, 2.75) is 20.3 Å².